The summed E-state index contributed by atoms with van der Waals surface area (Å²) in [5.41, 5.74) is 4.27. The van der Waals surface area contributed by atoms with Crippen LogP contribution in [0.2, 0.25) is 0 Å². The lowest BCUT2D eigenvalue weighted by Gasteiger charge is -2.10. The van der Waals surface area contributed by atoms with Gasteiger partial charge in [0.1, 0.15) is 0 Å². The summed E-state index contributed by atoms with van der Waals surface area (Å²) >= 11 is 2.02. The summed E-state index contributed by atoms with van der Waals surface area (Å²) in [6.07, 6.45) is 2.44. The van der Waals surface area contributed by atoms with Gasteiger partial charge in [-0.25, -0.2) is 0 Å². The Morgan fingerprint density at radius 2 is 2.35 bits per heavy atom. The van der Waals surface area contributed by atoms with E-state index in [2.05, 4.69) is 35.8 Å². The molecule has 3 heteroatoms. The first kappa shape index (κ1) is 12.8. The van der Waals surface area contributed by atoms with Crippen molar-refractivity contribution in [3.05, 3.63) is 29.3 Å². The molecule has 0 spiro atoms. The molecule has 0 saturated carbocycles. The van der Waals surface area contributed by atoms with Gasteiger partial charge >= 0.3 is 0 Å². The second-order valence-electron chi connectivity index (χ2n) is 4.36. The van der Waals surface area contributed by atoms with Crippen molar-refractivity contribution in [1.82, 2.24) is 5.32 Å². The fourth-order valence-electron chi connectivity index (χ4n) is 2.22. The van der Waals surface area contributed by atoms with E-state index in [4.69, 9.17) is 0 Å². The van der Waals surface area contributed by atoms with Crippen LogP contribution in [0.25, 0.3) is 0 Å². The smallest absolute Gasteiger partial charge is 0.0419 e. The second kappa shape index (κ2) is 6.92. The molecule has 0 radical (unpaired) electrons. The average molecular weight is 250 g/mol. The standard InChI is InChI=1S/C14H22N2S/c1-2-17-10-4-8-15-11-13-6-3-5-12-7-9-16-14(12)13/h3,5-6,15-16H,2,4,7-11H2,1H3. The average Bonchev–Trinajstić information content (AvgIpc) is 2.82. The monoisotopic (exact) mass is 250 g/mol. The maximum Gasteiger partial charge on any atom is 0.0419 e. The van der Waals surface area contributed by atoms with Crippen LogP contribution < -0.4 is 10.6 Å². The van der Waals surface area contributed by atoms with Crippen molar-refractivity contribution in [2.45, 2.75) is 26.3 Å². The molecule has 2 rings (SSSR count). The molecule has 2 nitrogen and oxygen atoms in total. The molecule has 1 aromatic carbocycles. The number of anilines is 1. The van der Waals surface area contributed by atoms with Gasteiger partial charge in [0.15, 0.2) is 0 Å². The third-order valence-corrected chi connectivity index (χ3v) is 4.08. The summed E-state index contributed by atoms with van der Waals surface area (Å²) in [6, 6.07) is 6.64. The first-order valence-electron chi connectivity index (χ1n) is 6.55. The van der Waals surface area contributed by atoms with Crippen molar-refractivity contribution in [2.75, 3.05) is 29.9 Å². The minimum absolute atomic E-state index is 0.993. The molecule has 0 aromatic heterocycles. The molecular weight excluding hydrogens is 228 g/mol. The van der Waals surface area contributed by atoms with E-state index >= 15 is 0 Å². The number of para-hydroxylation sites is 1. The zero-order valence-corrected chi connectivity index (χ0v) is 11.4. The molecule has 0 aliphatic carbocycles. The van der Waals surface area contributed by atoms with E-state index in [0.29, 0.717) is 0 Å². The van der Waals surface area contributed by atoms with E-state index in [9.17, 15) is 0 Å². The first-order valence-corrected chi connectivity index (χ1v) is 7.70. The van der Waals surface area contributed by atoms with Gasteiger partial charge in [0.2, 0.25) is 0 Å². The molecule has 0 bridgehead atoms. The fraction of sp³-hybridized carbons (Fsp3) is 0.571. The van der Waals surface area contributed by atoms with Gasteiger partial charge in [0.05, 0.1) is 0 Å². The van der Waals surface area contributed by atoms with Crippen molar-refractivity contribution < 1.29 is 0 Å². The number of fused-ring (bicyclic) bond motifs is 1. The number of hydrogen-bond donors (Lipinski definition) is 2. The zero-order chi connectivity index (χ0) is 11.9. The van der Waals surface area contributed by atoms with E-state index in [-0.39, 0.29) is 0 Å². The summed E-state index contributed by atoms with van der Waals surface area (Å²) in [7, 11) is 0. The minimum Gasteiger partial charge on any atom is -0.384 e. The number of thioether (sulfide) groups is 1. The normalized spacial score (nSPS) is 13.5. The zero-order valence-electron chi connectivity index (χ0n) is 10.6. The molecule has 1 aromatic rings. The molecule has 0 amide bonds. The maximum atomic E-state index is 3.54. The molecule has 1 aliphatic heterocycles. The van der Waals surface area contributed by atoms with Gasteiger partial charge in [-0.15, -0.1) is 0 Å². The lowest BCUT2D eigenvalue weighted by Crippen LogP contribution is -2.16. The molecule has 1 aliphatic rings. The maximum absolute atomic E-state index is 3.54. The predicted octanol–water partition coefficient (Wildman–Crippen LogP) is 2.89. The van der Waals surface area contributed by atoms with Crippen LogP contribution in [0.1, 0.15) is 24.5 Å². The van der Waals surface area contributed by atoms with Crippen LogP contribution in [-0.4, -0.2) is 24.6 Å². The van der Waals surface area contributed by atoms with E-state index < -0.39 is 0 Å². The Hall–Kier alpha value is -0.670. The highest BCUT2D eigenvalue weighted by atomic mass is 32.2. The molecule has 0 saturated heterocycles. The Labute approximate surface area is 109 Å². The van der Waals surface area contributed by atoms with Crippen LogP contribution in [0, 0.1) is 0 Å². The van der Waals surface area contributed by atoms with E-state index in [1.54, 1.807) is 0 Å². The van der Waals surface area contributed by atoms with E-state index in [0.717, 1.165) is 19.6 Å². The van der Waals surface area contributed by atoms with Crippen LogP contribution >= 0.6 is 11.8 Å². The van der Waals surface area contributed by atoms with Crippen molar-refractivity contribution in [3.8, 4) is 0 Å². The van der Waals surface area contributed by atoms with Crippen LogP contribution in [0.4, 0.5) is 5.69 Å². The lowest BCUT2D eigenvalue weighted by molar-refractivity contribution is 0.679. The van der Waals surface area contributed by atoms with Crippen LogP contribution in [0.15, 0.2) is 18.2 Å². The summed E-state index contributed by atoms with van der Waals surface area (Å²) < 4.78 is 0. The van der Waals surface area contributed by atoms with Crippen LogP contribution in [0.5, 0.6) is 0 Å². The molecule has 1 heterocycles. The third-order valence-electron chi connectivity index (χ3n) is 3.09. The largest absolute Gasteiger partial charge is 0.384 e. The Bertz CT molecular complexity index is 352. The van der Waals surface area contributed by atoms with Crippen molar-refractivity contribution >= 4 is 17.4 Å². The molecule has 0 atom stereocenters. The minimum atomic E-state index is 0.993. The Kier molecular flexibility index (Phi) is 5.20. The van der Waals surface area contributed by atoms with Gasteiger partial charge in [-0.1, -0.05) is 25.1 Å². The Morgan fingerprint density at radius 1 is 1.41 bits per heavy atom. The molecule has 0 unspecified atom stereocenters. The molecule has 0 fully saturated rings. The number of nitrogens with one attached hydrogen (secondary N) is 2. The predicted molar refractivity (Wildman–Crippen MR) is 78.0 cm³/mol. The number of hydrogen-bond acceptors (Lipinski definition) is 3. The highest BCUT2D eigenvalue weighted by Gasteiger charge is 2.12. The van der Waals surface area contributed by atoms with Gasteiger partial charge in [-0.2, -0.15) is 11.8 Å². The van der Waals surface area contributed by atoms with Gasteiger partial charge in [-0.3, -0.25) is 0 Å². The second-order valence-corrected chi connectivity index (χ2v) is 5.75. The summed E-state index contributed by atoms with van der Waals surface area (Å²) in [5.74, 6) is 2.50. The Morgan fingerprint density at radius 3 is 3.24 bits per heavy atom. The summed E-state index contributed by atoms with van der Waals surface area (Å²) in [4.78, 5) is 0. The quantitative estimate of drug-likeness (QED) is 0.728. The first-order chi connectivity index (χ1) is 8.42. The topological polar surface area (TPSA) is 24.1 Å². The highest BCUT2D eigenvalue weighted by molar-refractivity contribution is 7.99. The Balaban J connectivity index is 1.74. The van der Waals surface area contributed by atoms with Crippen molar-refractivity contribution in [3.63, 3.8) is 0 Å². The third kappa shape index (κ3) is 3.65. The van der Waals surface area contributed by atoms with E-state index in [1.807, 2.05) is 11.8 Å². The van der Waals surface area contributed by atoms with Crippen molar-refractivity contribution in [2.24, 2.45) is 0 Å². The van der Waals surface area contributed by atoms with Crippen molar-refractivity contribution in [1.29, 1.82) is 0 Å². The summed E-state index contributed by atoms with van der Waals surface area (Å²) in [6.45, 7) is 5.43. The van der Waals surface area contributed by atoms with Gasteiger partial charge in [0, 0.05) is 18.8 Å². The lowest BCUT2D eigenvalue weighted by atomic mass is 10.1. The summed E-state index contributed by atoms with van der Waals surface area (Å²) in [5, 5.41) is 7.02. The van der Waals surface area contributed by atoms with Gasteiger partial charge in [-0.05, 0) is 42.0 Å². The molecular formula is C14H22N2S. The van der Waals surface area contributed by atoms with Gasteiger partial charge in [0.25, 0.3) is 0 Å². The van der Waals surface area contributed by atoms with Crippen LogP contribution in [-0.2, 0) is 13.0 Å². The number of rotatable bonds is 7. The number of benzene rings is 1. The fourth-order valence-corrected chi connectivity index (χ4v) is 2.86. The molecule has 2 N–H and O–H groups in total. The van der Waals surface area contributed by atoms with Crippen LogP contribution in [0.3, 0.4) is 0 Å². The van der Waals surface area contributed by atoms with Gasteiger partial charge < -0.3 is 10.6 Å². The van der Waals surface area contributed by atoms with E-state index in [1.165, 1.54) is 41.2 Å². The molecule has 17 heavy (non-hydrogen) atoms. The highest BCUT2D eigenvalue weighted by Crippen LogP contribution is 2.26. The SMILES string of the molecule is CCSCCCNCc1cccc2c1NCC2. The molecule has 94 valence electrons.